The number of nitro benzene ring substituents is 1. The van der Waals surface area contributed by atoms with Gasteiger partial charge in [0.15, 0.2) is 0 Å². The molecule has 0 saturated carbocycles. The van der Waals surface area contributed by atoms with Crippen LogP contribution in [0, 0.1) is 24.0 Å². The first-order chi connectivity index (χ1) is 11.4. The fourth-order valence-electron chi connectivity index (χ4n) is 2.18. The van der Waals surface area contributed by atoms with E-state index in [1.54, 1.807) is 0 Å². The van der Waals surface area contributed by atoms with E-state index in [0.717, 1.165) is 22.9 Å². The summed E-state index contributed by atoms with van der Waals surface area (Å²) in [6.07, 6.45) is 0. The van der Waals surface area contributed by atoms with Gasteiger partial charge < -0.3 is 10.1 Å². The second-order valence-corrected chi connectivity index (χ2v) is 5.70. The average Bonchev–Trinajstić information content (AvgIpc) is 2.53. The fraction of sp³-hybridized carbons (Fsp3) is 0.235. The van der Waals surface area contributed by atoms with E-state index < -0.39 is 10.8 Å². The average molecular weight is 349 g/mol. The Hall–Kier alpha value is -2.60. The summed E-state index contributed by atoms with van der Waals surface area (Å²) in [5, 5.41) is 13.5. The van der Waals surface area contributed by atoms with Crippen molar-refractivity contribution >= 4 is 23.2 Å². The Morgan fingerprint density at radius 3 is 2.67 bits per heavy atom. The fourth-order valence-corrected chi connectivity index (χ4v) is 2.37. The molecule has 0 aliphatic carbocycles. The van der Waals surface area contributed by atoms with E-state index in [4.69, 9.17) is 16.3 Å². The zero-order valence-corrected chi connectivity index (χ0v) is 14.1. The summed E-state index contributed by atoms with van der Waals surface area (Å²) in [6.45, 7) is 4.53. The highest BCUT2D eigenvalue weighted by Crippen LogP contribution is 2.25. The molecule has 0 radical (unpaired) electrons. The lowest BCUT2D eigenvalue weighted by molar-refractivity contribution is -0.384. The van der Waals surface area contributed by atoms with Crippen LogP contribution in [0.4, 0.5) is 5.69 Å². The number of nitro groups is 1. The number of hydrogen-bond acceptors (Lipinski definition) is 4. The van der Waals surface area contributed by atoms with E-state index in [1.807, 2.05) is 32.0 Å². The van der Waals surface area contributed by atoms with Crippen molar-refractivity contribution < 1.29 is 14.5 Å². The smallest absolute Gasteiger partial charge is 0.288 e. The number of aryl methyl sites for hydroxylation is 2. The van der Waals surface area contributed by atoms with Crippen LogP contribution in [0.15, 0.2) is 36.4 Å². The summed E-state index contributed by atoms with van der Waals surface area (Å²) >= 11 is 5.72. The monoisotopic (exact) mass is 348 g/mol. The van der Waals surface area contributed by atoms with E-state index in [2.05, 4.69) is 5.32 Å². The molecule has 0 bridgehead atoms. The van der Waals surface area contributed by atoms with E-state index in [9.17, 15) is 14.9 Å². The van der Waals surface area contributed by atoms with Gasteiger partial charge in [0.25, 0.3) is 11.6 Å². The van der Waals surface area contributed by atoms with Gasteiger partial charge >= 0.3 is 0 Å². The molecule has 6 nitrogen and oxygen atoms in total. The van der Waals surface area contributed by atoms with E-state index >= 15 is 0 Å². The highest BCUT2D eigenvalue weighted by Gasteiger charge is 2.16. The number of benzene rings is 2. The number of nitrogens with one attached hydrogen (secondary N) is 1. The van der Waals surface area contributed by atoms with Crippen molar-refractivity contribution in [1.29, 1.82) is 0 Å². The standard InChI is InChI=1S/C17H17ClN2O4/c1-11-3-6-16(12(2)9-11)24-8-7-19-17(21)13-4-5-14(18)15(10-13)20(22)23/h3-6,9-10H,7-8H2,1-2H3,(H,19,21). The molecule has 126 valence electrons. The van der Waals surface area contributed by atoms with Crippen molar-refractivity contribution in [2.24, 2.45) is 0 Å². The molecule has 2 aromatic carbocycles. The normalized spacial score (nSPS) is 10.3. The third-order valence-corrected chi connectivity index (χ3v) is 3.70. The van der Waals surface area contributed by atoms with Crippen molar-refractivity contribution in [1.82, 2.24) is 5.32 Å². The largest absolute Gasteiger partial charge is 0.491 e. The summed E-state index contributed by atoms with van der Waals surface area (Å²) in [5.41, 5.74) is 2.06. The Kier molecular flexibility index (Phi) is 5.76. The zero-order chi connectivity index (χ0) is 17.7. The van der Waals surface area contributed by atoms with Crippen LogP contribution in [0.3, 0.4) is 0 Å². The highest BCUT2D eigenvalue weighted by molar-refractivity contribution is 6.32. The number of carbonyl (C=O) groups is 1. The maximum Gasteiger partial charge on any atom is 0.288 e. The predicted molar refractivity (Wildman–Crippen MR) is 91.9 cm³/mol. The summed E-state index contributed by atoms with van der Waals surface area (Å²) in [6, 6.07) is 9.78. The van der Waals surface area contributed by atoms with Crippen molar-refractivity contribution in [2.45, 2.75) is 13.8 Å². The molecule has 2 aromatic rings. The van der Waals surface area contributed by atoms with Crippen LogP contribution in [0.1, 0.15) is 21.5 Å². The molecule has 0 fully saturated rings. The quantitative estimate of drug-likeness (QED) is 0.490. The molecule has 0 heterocycles. The maximum atomic E-state index is 12.0. The minimum atomic E-state index is -0.623. The number of amides is 1. The molecule has 0 aliphatic heterocycles. The molecule has 24 heavy (non-hydrogen) atoms. The van der Waals surface area contributed by atoms with Crippen LogP contribution in [-0.2, 0) is 0 Å². The molecular formula is C17H17ClN2O4. The third kappa shape index (κ3) is 4.45. The molecule has 0 spiro atoms. The molecular weight excluding hydrogens is 332 g/mol. The van der Waals surface area contributed by atoms with Crippen LogP contribution in [0.2, 0.25) is 5.02 Å². The van der Waals surface area contributed by atoms with Gasteiger partial charge in [-0.2, -0.15) is 0 Å². The highest BCUT2D eigenvalue weighted by atomic mass is 35.5. The van der Waals surface area contributed by atoms with Gasteiger partial charge in [-0.05, 0) is 37.6 Å². The molecule has 1 N–H and O–H groups in total. The van der Waals surface area contributed by atoms with Gasteiger partial charge in [-0.15, -0.1) is 0 Å². The number of nitrogens with zero attached hydrogens (tertiary/aromatic N) is 1. The zero-order valence-electron chi connectivity index (χ0n) is 13.3. The van der Waals surface area contributed by atoms with Gasteiger partial charge in [0.1, 0.15) is 17.4 Å². The van der Waals surface area contributed by atoms with Gasteiger partial charge in [0.2, 0.25) is 0 Å². The van der Waals surface area contributed by atoms with Crippen molar-refractivity contribution in [2.75, 3.05) is 13.2 Å². The number of hydrogen-bond donors (Lipinski definition) is 1. The molecule has 0 saturated heterocycles. The third-order valence-electron chi connectivity index (χ3n) is 3.38. The summed E-state index contributed by atoms with van der Waals surface area (Å²) < 4.78 is 5.62. The van der Waals surface area contributed by atoms with Crippen LogP contribution in [-0.4, -0.2) is 24.0 Å². The lowest BCUT2D eigenvalue weighted by Crippen LogP contribution is -2.28. The number of rotatable bonds is 6. The van der Waals surface area contributed by atoms with Gasteiger partial charge in [0, 0.05) is 11.6 Å². The Labute approximate surface area is 144 Å². The Bertz CT molecular complexity index is 777. The van der Waals surface area contributed by atoms with Crippen LogP contribution < -0.4 is 10.1 Å². The number of ether oxygens (including phenoxy) is 1. The summed E-state index contributed by atoms with van der Waals surface area (Å²) in [4.78, 5) is 22.2. The number of halogens is 1. The molecule has 0 atom stereocenters. The van der Waals surface area contributed by atoms with Gasteiger partial charge in [0.05, 0.1) is 11.5 Å². The number of carbonyl (C=O) groups excluding carboxylic acids is 1. The second kappa shape index (κ2) is 7.79. The molecule has 0 aromatic heterocycles. The Balaban J connectivity index is 1.89. The topological polar surface area (TPSA) is 81.5 Å². The molecule has 2 rings (SSSR count). The van der Waals surface area contributed by atoms with Crippen molar-refractivity contribution in [3.05, 3.63) is 68.2 Å². The minimum absolute atomic E-state index is 0.00488. The van der Waals surface area contributed by atoms with Crippen LogP contribution in [0.25, 0.3) is 0 Å². The molecule has 7 heteroatoms. The van der Waals surface area contributed by atoms with Crippen LogP contribution in [0.5, 0.6) is 5.75 Å². The first-order valence-electron chi connectivity index (χ1n) is 7.30. The molecule has 0 aliphatic rings. The lowest BCUT2D eigenvalue weighted by Gasteiger charge is -2.10. The first-order valence-corrected chi connectivity index (χ1v) is 7.68. The van der Waals surface area contributed by atoms with Crippen molar-refractivity contribution in [3.63, 3.8) is 0 Å². The van der Waals surface area contributed by atoms with Gasteiger partial charge in [-0.1, -0.05) is 29.3 Å². The van der Waals surface area contributed by atoms with E-state index in [-0.39, 0.29) is 22.8 Å². The summed E-state index contributed by atoms with van der Waals surface area (Å²) in [7, 11) is 0. The summed E-state index contributed by atoms with van der Waals surface area (Å²) in [5.74, 6) is 0.343. The Morgan fingerprint density at radius 2 is 2.00 bits per heavy atom. The van der Waals surface area contributed by atoms with E-state index in [0.29, 0.717) is 6.61 Å². The SMILES string of the molecule is Cc1ccc(OCCNC(=O)c2ccc(Cl)c([N+](=O)[O-])c2)c(C)c1. The van der Waals surface area contributed by atoms with Crippen LogP contribution >= 0.6 is 11.6 Å². The second-order valence-electron chi connectivity index (χ2n) is 5.30. The van der Waals surface area contributed by atoms with Gasteiger partial charge in [-0.3, -0.25) is 14.9 Å². The van der Waals surface area contributed by atoms with Crippen molar-refractivity contribution in [3.8, 4) is 5.75 Å². The predicted octanol–water partition coefficient (Wildman–Crippen LogP) is 3.67. The molecule has 0 unspecified atom stereocenters. The van der Waals surface area contributed by atoms with E-state index in [1.165, 1.54) is 12.1 Å². The lowest BCUT2D eigenvalue weighted by atomic mass is 10.1. The Morgan fingerprint density at radius 1 is 1.25 bits per heavy atom. The first kappa shape index (κ1) is 17.7. The van der Waals surface area contributed by atoms with Gasteiger partial charge in [-0.25, -0.2) is 0 Å². The molecule has 1 amide bonds. The maximum absolute atomic E-state index is 12.0. The minimum Gasteiger partial charge on any atom is -0.491 e.